The first-order chi connectivity index (χ1) is 33.3. The molecule has 0 aliphatic heterocycles. The van der Waals surface area contributed by atoms with Crippen molar-refractivity contribution in [1.82, 2.24) is 0 Å². The number of carbonyl (C=O) groups is 2. The van der Waals surface area contributed by atoms with Crippen LogP contribution in [-0.2, 0) is 32.7 Å². The van der Waals surface area contributed by atoms with Crippen molar-refractivity contribution in [3.8, 4) is 0 Å². The van der Waals surface area contributed by atoms with Gasteiger partial charge in [0.25, 0.3) is 0 Å². The third-order valence-electron chi connectivity index (χ3n) is 11.5. The highest BCUT2D eigenvalue weighted by molar-refractivity contribution is 7.47. The molecule has 10 heteroatoms. The van der Waals surface area contributed by atoms with Gasteiger partial charge in [-0.3, -0.25) is 18.6 Å². The molecule has 0 saturated heterocycles. The minimum Gasteiger partial charge on any atom is -0.462 e. The SMILES string of the molecule is CC/C=C\C/C=C\C/C=C\C/C=C\C/C=C\C/C=C\C/C=C\CCCC(=O)OC(COC(=O)CCCCCCCCCCCCCCCCCCCCCCCCCC)COP(=O)(O)OCCN. The molecule has 0 rings (SSSR count). The van der Waals surface area contributed by atoms with Gasteiger partial charge in [-0.05, 0) is 64.2 Å². The molecule has 0 fully saturated rings. The minimum absolute atomic E-state index is 0.0411. The summed E-state index contributed by atoms with van der Waals surface area (Å²) < 4.78 is 32.9. The van der Waals surface area contributed by atoms with Crippen LogP contribution in [0.3, 0.4) is 0 Å². The number of hydrogen-bond donors (Lipinski definition) is 2. The van der Waals surface area contributed by atoms with Gasteiger partial charge in [0.2, 0.25) is 0 Å². The summed E-state index contributed by atoms with van der Waals surface area (Å²) in [5.74, 6) is -0.894. The molecule has 0 radical (unpaired) electrons. The van der Waals surface area contributed by atoms with Crippen molar-refractivity contribution in [2.45, 2.75) is 245 Å². The van der Waals surface area contributed by atoms with Gasteiger partial charge in [-0.1, -0.05) is 247 Å². The molecule has 2 atom stereocenters. The topological polar surface area (TPSA) is 134 Å². The highest BCUT2D eigenvalue weighted by Gasteiger charge is 2.26. The lowest BCUT2D eigenvalue weighted by Gasteiger charge is -2.19. The Kier molecular flexibility index (Phi) is 51.3. The van der Waals surface area contributed by atoms with Gasteiger partial charge in [-0.2, -0.15) is 0 Å². The van der Waals surface area contributed by atoms with E-state index in [1.165, 1.54) is 135 Å². The van der Waals surface area contributed by atoms with Crippen LogP contribution < -0.4 is 5.73 Å². The van der Waals surface area contributed by atoms with Crippen molar-refractivity contribution in [3.05, 3.63) is 85.1 Å². The van der Waals surface area contributed by atoms with Crippen molar-refractivity contribution >= 4 is 19.8 Å². The maximum absolute atomic E-state index is 12.7. The molecule has 9 nitrogen and oxygen atoms in total. The Balaban J connectivity index is 4.09. The van der Waals surface area contributed by atoms with Crippen LogP contribution in [0.5, 0.6) is 0 Å². The molecule has 0 aromatic heterocycles. The number of carbonyl (C=O) groups excluding carboxylic acids is 2. The lowest BCUT2D eigenvalue weighted by Crippen LogP contribution is -2.29. The molecule has 0 saturated carbocycles. The van der Waals surface area contributed by atoms with Crippen LogP contribution in [0.15, 0.2) is 85.1 Å². The molecular formula is C58H102NO8P. The highest BCUT2D eigenvalue weighted by atomic mass is 31.2. The Hall–Kier alpha value is -2.81. The Labute approximate surface area is 417 Å². The van der Waals surface area contributed by atoms with Gasteiger partial charge in [-0.15, -0.1) is 0 Å². The molecule has 68 heavy (non-hydrogen) atoms. The van der Waals surface area contributed by atoms with E-state index < -0.39 is 32.5 Å². The summed E-state index contributed by atoms with van der Waals surface area (Å²) in [5.41, 5.74) is 5.37. The Morgan fingerprint density at radius 2 is 0.809 bits per heavy atom. The van der Waals surface area contributed by atoms with Gasteiger partial charge in [0, 0.05) is 19.4 Å². The third kappa shape index (κ3) is 52.6. The van der Waals surface area contributed by atoms with E-state index in [2.05, 4.69) is 92.8 Å². The van der Waals surface area contributed by atoms with E-state index >= 15 is 0 Å². The molecule has 0 amide bonds. The Bertz CT molecular complexity index is 1390. The van der Waals surface area contributed by atoms with Gasteiger partial charge >= 0.3 is 19.8 Å². The second kappa shape index (κ2) is 53.5. The normalized spacial score (nSPS) is 13.8. The number of phosphoric acid groups is 1. The highest BCUT2D eigenvalue weighted by Crippen LogP contribution is 2.43. The summed E-state index contributed by atoms with van der Waals surface area (Å²) in [6.45, 7) is 3.58. The largest absolute Gasteiger partial charge is 0.472 e. The van der Waals surface area contributed by atoms with E-state index in [-0.39, 0.29) is 32.6 Å². The van der Waals surface area contributed by atoms with Crippen LogP contribution in [0, 0.1) is 0 Å². The number of rotatable bonds is 51. The van der Waals surface area contributed by atoms with E-state index in [1.807, 2.05) is 6.08 Å². The first-order valence-corrected chi connectivity index (χ1v) is 29.1. The summed E-state index contributed by atoms with van der Waals surface area (Å²) in [6, 6.07) is 0. The van der Waals surface area contributed by atoms with E-state index in [1.54, 1.807) is 0 Å². The summed E-state index contributed by atoms with van der Waals surface area (Å²) in [4.78, 5) is 35.1. The van der Waals surface area contributed by atoms with Crippen LogP contribution in [0.25, 0.3) is 0 Å². The van der Waals surface area contributed by atoms with Crippen LogP contribution in [0.2, 0.25) is 0 Å². The molecule has 392 valence electrons. The average Bonchev–Trinajstić information content (AvgIpc) is 3.33. The predicted molar refractivity (Wildman–Crippen MR) is 289 cm³/mol. The molecule has 3 N–H and O–H groups in total. The second-order valence-electron chi connectivity index (χ2n) is 18.1. The molecule has 0 heterocycles. The molecular weight excluding hydrogens is 870 g/mol. The molecule has 2 unspecified atom stereocenters. The quantitative estimate of drug-likeness (QED) is 0.0264. The van der Waals surface area contributed by atoms with Crippen molar-refractivity contribution in [2.75, 3.05) is 26.4 Å². The lowest BCUT2D eigenvalue weighted by atomic mass is 10.0. The smallest absolute Gasteiger partial charge is 0.462 e. The molecule has 0 bridgehead atoms. The Morgan fingerprint density at radius 3 is 1.19 bits per heavy atom. The van der Waals surface area contributed by atoms with Crippen LogP contribution in [-0.4, -0.2) is 49.3 Å². The maximum atomic E-state index is 12.7. The summed E-state index contributed by atoms with van der Waals surface area (Å²) in [6.07, 6.45) is 69.3. The van der Waals surface area contributed by atoms with Crippen molar-refractivity contribution in [2.24, 2.45) is 5.73 Å². The zero-order chi connectivity index (χ0) is 49.5. The van der Waals surface area contributed by atoms with E-state index in [0.29, 0.717) is 12.8 Å². The number of nitrogens with two attached hydrogens (primary N) is 1. The standard InChI is InChI=1S/C58H102NO8P/c1-3-5-7-9-11-13-15-17-19-21-23-25-27-29-30-32-34-36-38-40-42-44-46-48-50-57(60)64-54-56(55-66-68(62,63)65-53-52-59)67-58(61)51-49-47-45-43-41-39-37-35-33-31-28-26-24-22-20-18-16-14-12-10-8-6-4-2/h6,8,12,14,18,20,24,26,31,33,37,39,43,45,56H,3-5,7,9-11,13,15-17,19,21-23,25,27-30,32,34-36,38,40-42,44,46-55,59H2,1-2H3,(H,62,63)/b8-6-,14-12-,20-18-,26-24-,33-31-,39-37-,45-43-. The lowest BCUT2D eigenvalue weighted by molar-refractivity contribution is -0.161. The van der Waals surface area contributed by atoms with Gasteiger partial charge < -0.3 is 20.1 Å². The third-order valence-corrected chi connectivity index (χ3v) is 12.5. The van der Waals surface area contributed by atoms with Crippen molar-refractivity contribution < 1.29 is 37.6 Å². The molecule has 0 spiro atoms. The average molecular weight is 972 g/mol. The summed E-state index contributed by atoms with van der Waals surface area (Å²) >= 11 is 0. The van der Waals surface area contributed by atoms with Gasteiger partial charge in [0.15, 0.2) is 6.10 Å². The van der Waals surface area contributed by atoms with Crippen LogP contribution in [0.1, 0.15) is 239 Å². The predicted octanol–water partition coefficient (Wildman–Crippen LogP) is 17.1. The summed E-state index contributed by atoms with van der Waals surface area (Å²) in [7, 11) is -4.41. The number of unbranched alkanes of at least 4 members (excludes halogenated alkanes) is 24. The minimum atomic E-state index is -4.41. The van der Waals surface area contributed by atoms with E-state index in [9.17, 15) is 19.0 Å². The Morgan fingerprint density at radius 1 is 0.456 bits per heavy atom. The summed E-state index contributed by atoms with van der Waals surface area (Å²) in [5, 5.41) is 0. The monoisotopic (exact) mass is 972 g/mol. The maximum Gasteiger partial charge on any atom is 0.472 e. The zero-order valence-electron chi connectivity index (χ0n) is 43.6. The van der Waals surface area contributed by atoms with Gasteiger partial charge in [-0.25, -0.2) is 4.57 Å². The van der Waals surface area contributed by atoms with Crippen molar-refractivity contribution in [1.29, 1.82) is 0 Å². The van der Waals surface area contributed by atoms with Crippen LogP contribution in [0.4, 0.5) is 0 Å². The van der Waals surface area contributed by atoms with E-state index in [4.69, 9.17) is 24.3 Å². The number of phosphoric ester groups is 1. The fourth-order valence-electron chi connectivity index (χ4n) is 7.51. The molecule has 0 aromatic carbocycles. The van der Waals surface area contributed by atoms with Crippen LogP contribution >= 0.6 is 7.82 Å². The fraction of sp³-hybridized carbons (Fsp3) is 0.724. The number of esters is 2. The number of hydrogen-bond acceptors (Lipinski definition) is 8. The molecule has 0 aliphatic rings. The zero-order valence-corrected chi connectivity index (χ0v) is 44.5. The first-order valence-electron chi connectivity index (χ1n) is 27.6. The van der Waals surface area contributed by atoms with Gasteiger partial charge in [0.05, 0.1) is 13.2 Å². The molecule has 0 aromatic rings. The first kappa shape index (κ1) is 65.2. The van der Waals surface area contributed by atoms with E-state index in [0.717, 1.165) is 64.2 Å². The van der Waals surface area contributed by atoms with Gasteiger partial charge in [0.1, 0.15) is 6.61 Å². The number of ether oxygens (including phenoxy) is 2. The van der Waals surface area contributed by atoms with Crippen molar-refractivity contribution in [3.63, 3.8) is 0 Å². The second-order valence-corrected chi connectivity index (χ2v) is 19.5. The molecule has 0 aliphatic carbocycles. The fourth-order valence-corrected chi connectivity index (χ4v) is 8.27. The number of allylic oxidation sites excluding steroid dienone is 14.